The standard InChI is InChI=1S/C18H24NO/c1-13-9-7-8-12-17(13)19-14(2)18(20-15(19)3)16-10-5-4-6-11-16/h7-9,12,16H,4-6,10-11H2,1-3H3/q+1. The number of hydrogen-bond donors (Lipinski definition) is 0. The van der Waals surface area contributed by atoms with Gasteiger partial charge in [-0.15, -0.1) is 4.57 Å². The van der Waals surface area contributed by atoms with E-state index in [0.717, 1.165) is 5.89 Å². The monoisotopic (exact) mass is 270 g/mol. The van der Waals surface area contributed by atoms with Gasteiger partial charge in [0.05, 0.1) is 6.92 Å². The first-order chi connectivity index (χ1) is 9.68. The number of nitrogens with zero attached hydrogens (tertiary/aromatic N) is 1. The normalized spacial score (nSPS) is 16.6. The fraction of sp³-hybridized carbons (Fsp3) is 0.500. The van der Waals surface area contributed by atoms with Crippen LogP contribution in [0.5, 0.6) is 0 Å². The molecule has 2 heteroatoms. The molecule has 0 saturated heterocycles. The molecule has 2 aromatic rings. The lowest BCUT2D eigenvalue weighted by Crippen LogP contribution is -2.35. The van der Waals surface area contributed by atoms with Crippen LogP contribution in [0.2, 0.25) is 0 Å². The fourth-order valence-corrected chi connectivity index (χ4v) is 3.53. The molecule has 0 atom stereocenters. The number of oxazole rings is 1. The molecule has 1 fully saturated rings. The van der Waals surface area contributed by atoms with Crippen molar-refractivity contribution >= 4 is 0 Å². The fourth-order valence-electron chi connectivity index (χ4n) is 3.53. The van der Waals surface area contributed by atoms with Crippen LogP contribution < -0.4 is 4.57 Å². The van der Waals surface area contributed by atoms with E-state index in [-0.39, 0.29) is 0 Å². The number of aromatic nitrogens is 1. The second-order valence-electron chi connectivity index (χ2n) is 6.03. The minimum Gasteiger partial charge on any atom is -0.406 e. The Hall–Kier alpha value is -1.57. The quantitative estimate of drug-likeness (QED) is 0.733. The Morgan fingerprint density at radius 1 is 1.00 bits per heavy atom. The van der Waals surface area contributed by atoms with Gasteiger partial charge in [-0.2, -0.15) is 0 Å². The zero-order valence-electron chi connectivity index (χ0n) is 12.8. The zero-order valence-corrected chi connectivity index (χ0v) is 12.8. The summed E-state index contributed by atoms with van der Waals surface area (Å²) >= 11 is 0. The van der Waals surface area contributed by atoms with E-state index in [4.69, 9.17) is 4.42 Å². The van der Waals surface area contributed by atoms with Gasteiger partial charge in [-0.25, -0.2) is 0 Å². The van der Waals surface area contributed by atoms with E-state index < -0.39 is 0 Å². The van der Waals surface area contributed by atoms with Crippen LogP contribution in [0.25, 0.3) is 5.69 Å². The van der Waals surface area contributed by atoms with Crippen molar-refractivity contribution in [1.82, 2.24) is 0 Å². The van der Waals surface area contributed by atoms with Crippen molar-refractivity contribution in [3.63, 3.8) is 0 Å². The second kappa shape index (κ2) is 5.43. The topological polar surface area (TPSA) is 17.0 Å². The van der Waals surface area contributed by atoms with Gasteiger partial charge >= 0.3 is 5.89 Å². The van der Waals surface area contributed by atoms with Gasteiger partial charge in [0.25, 0.3) is 0 Å². The van der Waals surface area contributed by atoms with Crippen molar-refractivity contribution in [1.29, 1.82) is 0 Å². The SMILES string of the molecule is Cc1ccccc1-[n+]1c(C)oc(C2CCCCC2)c1C. The van der Waals surface area contributed by atoms with Crippen LogP contribution in [0.1, 0.15) is 60.9 Å². The summed E-state index contributed by atoms with van der Waals surface area (Å²) in [5.41, 5.74) is 3.82. The van der Waals surface area contributed by atoms with Gasteiger partial charge in [-0.3, -0.25) is 0 Å². The molecule has 1 aromatic carbocycles. The maximum absolute atomic E-state index is 6.16. The summed E-state index contributed by atoms with van der Waals surface area (Å²) < 4.78 is 8.43. The van der Waals surface area contributed by atoms with Gasteiger partial charge in [0.1, 0.15) is 0 Å². The highest BCUT2D eigenvalue weighted by Crippen LogP contribution is 2.34. The third-order valence-electron chi connectivity index (χ3n) is 4.60. The van der Waals surface area contributed by atoms with Gasteiger partial charge in [-0.1, -0.05) is 37.5 Å². The Morgan fingerprint density at radius 3 is 2.40 bits per heavy atom. The number of para-hydroxylation sites is 1. The Morgan fingerprint density at radius 2 is 1.70 bits per heavy atom. The second-order valence-corrected chi connectivity index (χ2v) is 6.03. The Labute approximate surface area is 121 Å². The third kappa shape index (κ3) is 2.28. The van der Waals surface area contributed by atoms with Gasteiger partial charge < -0.3 is 4.42 Å². The average molecular weight is 270 g/mol. The molecule has 0 bridgehead atoms. The van der Waals surface area contributed by atoms with E-state index >= 15 is 0 Å². The molecule has 1 aliphatic rings. The summed E-state index contributed by atoms with van der Waals surface area (Å²) in [6.07, 6.45) is 6.62. The van der Waals surface area contributed by atoms with Crippen LogP contribution >= 0.6 is 0 Å². The molecule has 1 aromatic heterocycles. The Kier molecular flexibility index (Phi) is 3.64. The van der Waals surface area contributed by atoms with Gasteiger partial charge in [-0.05, 0) is 19.8 Å². The lowest BCUT2D eigenvalue weighted by molar-refractivity contribution is -0.613. The predicted molar refractivity (Wildman–Crippen MR) is 80.3 cm³/mol. The molecular formula is C18H24NO+. The molecule has 0 unspecified atom stereocenters. The summed E-state index contributed by atoms with van der Waals surface area (Å²) in [6.45, 7) is 6.44. The first kappa shape index (κ1) is 13.4. The van der Waals surface area contributed by atoms with E-state index in [1.807, 2.05) is 0 Å². The highest BCUT2D eigenvalue weighted by atomic mass is 16.4. The van der Waals surface area contributed by atoms with Crippen molar-refractivity contribution in [2.45, 2.75) is 58.8 Å². The summed E-state index contributed by atoms with van der Waals surface area (Å²) in [7, 11) is 0. The Bertz CT molecular complexity index is 606. The smallest absolute Gasteiger partial charge is 0.350 e. The molecular weight excluding hydrogens is 246 g/mol. The van der Waals surface area contributed by atoms with Crippen molar-refractivity contribution in [2.24, 2.45) is 0 Å². The van der Waals surface area contributed by atoms with Crippen LogP contribution in [-0.4, -0.2) is 0 Å². The number of hydrogen-bond acceptors (Lipinski definition) is 1. The van der Waals surface area contributed by atoms with Crippen molar-refractivity contribution in [3.8, 4) is 5.69 Å². The van der Waals surface area contributed by atoms with E-state index in [0.29, 0.717) is 5.92 Å². The van der Waals surface area contributed by atoms with Crippen LogP contribution in [-0.2, 0) is 0 Å². The van der Waals surface area contributed by atoms with Crippen LogP contribution in [0.15, 0.2) is 28.7 Å². The lowest BCUT2D eigenvalue weighted by Gasteiger charge is -2.18. The summed E-state index contributed by atoms with van der Waals surface area (Å²) in [5, 5.41) is 0. The highest BCUT2D eigenvalue weighted by Gasteiger charge is 2.31. The number of aryl methyl sites for hydroxylation is 2. The van der Waals surface area contributed by atoms with E-state index in [9.17, 15) is 0 Å². The van der Waals surface area contributed by atoms with Gasteiger partial charge in [0, 0.05) is 24.5 Å². The maximum Gasteiger partial charge on any atom is 0.350 e. The molecule has 0 spiro atoms. The highest BCUT2D eigenvalue weighted by molar-refractivity contribution is 5.33. The zero-order chi connectivity index (χ0) is 14.1. The van der Waals surface area contributed by atoms with Crippen LogP contribution in [0.3, 0.4) is 0 Å². The molecule has 0 N–H and O–H groups in total. The van der Waals surface area contributed by atoms with Crippen molar-refractivity contribution in [2.75, 3.05) is 0 Å². The molecule has 0 aliphatic heterocycles. The van der Waals surface area contributed by atoms with Crippen molar-refractivity contribution < 1.29 is 8.98 Å². The first-order valence-electron chi connectivity index (χ1n) is 7.76. The molecule has 3 rings (SSSR count). The average Bonchev–Trinajstić information content (AvgIpc) is 2.76. The molecule has 1 aliphatic carbocycles. The predicted octanol–water partition coefficient (Wildman–Crippen LogP) is 4.53. The number of rotatable bonds is 2. The summed E-state index contributed by atoms with van der Waals surface area (Å²) in [4.78, 5) is 0. The minimum absolute atomic E-state index is 0.618. The van der Waals surface area contributed by atoms with Crippen LogP contribution in [0.4, 0.5) is 0 Å². The van der Waals surface area contributed by atoms with Gasteiger partial charge in [0.15, 0.2) is 5.76 Å². The van der Waals surface area contributed by atoms with Crippen molar-refractivity contribution in [3.05, 3.63) is 47.2 Å². The molecule has 2 nitrogen and oxygen atoms in total. The van der Waals surface area contributed by atoms with Crippen LogP contribution in [0, 0.1) is 20.8 Å². The van der Waals surface area contributed by atoms with E-state index in [1.165, 1.54) is 54.8 Å². The minimum atomic E-state index is 0.618. The Balaban J connectivity index is 2.05. The number of benzene rings is 1. The maximum atomic E-state index is 6.16. The lowest BCUT2D eigenvalue weighted by atomic mass is 9.87. The molecule has 0 radical (unpaired) electrons. The molecule has 1 heterocycles. The van der Waals surface area contributed by atoms with E-state index in [1.54, 1.807) is 0 Å². The molecule has 20 heavy (non-hydrogen) atoms. The third-order valence-corrected chi connectivity index (χ3v) is 4.60. The summed E-state index contributed by atoms with van der Waals surface area (Å²) in [5.74, 6) is 2.83. The van der Waals surface area contributed by atoms with E-state index in [2.05, 4.69) is 49.6 Å². The first-order valence-corrected chi connectivity index (χ1v) is 7.76. The molecule has 106 valence electrons. The molecule has 0 amide bonds. The van der Waals surface area contributed by atoms with Gasteiger partial charge in [0.2, 0.25) is 11.4 Å². The summed E-state index contributed by atoms with van der Waals surface area (Å²) in [6, 6.07) is 8.53. The molecule has 1 saturated carbocycles. The largest absolute Gasteiger partial charge is 0.406 e.